The molecule has 2 atom stereocenters. The highest BCUT2D eigenvalue weighted by Crippen LogP contribution is 1.96. The summed E-state index contributed by atoms with van der Waals surface area (Å²) < 4.78 is 0. The smallest absolute Gasteiger partial charge is 0.320 e. The molecule has 5 heteroatoms. The van der Waals surface area contributed by atoms with Crippen molar-refractivity contribution in [2.75, 3.05) is 0 Å². The van der Waals surface area contributed by atoms with Crippen LogP contribution in [0, 0.1) is 0 Å². The SMILES string of the molecule is CCC(C)NC(=O)CCC(N)C(=O)O. The van der Waals surface area contributed by atoms with Gasteiger partial charge in [0.05, 0.1) is 0 Å². The minimum atomic E-state index is -1.07. The number of hydrogen-bond donors (Lipinski definition) is 3. The Hall–Kier alpha value is -1.10. The lowest BCUT2D eigenvalue weighted by Gasteiger charge is -2.11. The molecule has 0 aromatic heterocycles. The molecule has 4 N–H and O–H groups in total. The first-order valence-corrected chi connectivity index (χ1v) is 4.75. The molecule has 0 aliphatic heterocycles. The van der Waals surface area contributed by atoms with Gasteiger partial charge in [-0.25, -0.2) is 0 Å². The average molecular weight is 202 g/mol. The summed E-state index contributed by atoms with van der Waals surface area (Å²) >= 11 is 0. The first-order chi connectivity index (χ1) is 6.47. The lowest BCUT2D eigenvalue weighted by Crippen LogP contribution is -2.35. The fraction of sp³-hybridized carbons (Fsp3) is 0.778. The molecular weight excluding hydrogens is 184 g/mol. The van der Waals surface area contributed by atoms with Gasteiger partial charge in [-0.05, 0) is 19.8 Å². The highest BCUT2D eigenvalue weighted by molar-refractivity contribution is 5.78. The Morgan fingerprint density at radius 2 is 2.07 bits per heavy atom. The Morgan fingerprint density at radius 3 is 2.50 bits per heavy atom. The first-order valence-electron chi connectivity index (χ1n) is 4.75. The van der Waals surface area contributed by atoms with E-state index >= 15 is 0 Å². The van der Waals surface area contributed by atoms with Gasteiger partial charge in [0.2, 0.25) is 5.91 Å². The first kappa shape index (κ1) is 12.9. The van der Waals surface area contributed by atoms with E-state index in [-0.39, 0.29) is 24.8 Å². The second kappa shape index (κ2) is 6.37. The summed E-state index contributed by atoms with van der Waals surface area (Å²) in [5.74, 6) is -1.21. The van der Waals surface area contributed by atoms with Crippen LogP contribution < -0.4 is 11.1 Å². The van der Waals surface area contributed by atoms with E-state index in [0.29, 0.717) is 0 Å². The van der Waals surface area contributed by atoms with Gasteiger partial charge in [-0.1, -0.05) is 6.92 Å². The van der Waals surface area contributed by atoms with Crippen molar-refractivity contribution >= 4 is 11.9 Å². The summed E-state index contributed by atoms with van der Waals surface area (Å²) in [7, 11) is 0. The Kier molecular flexibility index (Phi) is 5.87. The van der Waals surface area contributed by atoms with Crippen LogP contribution in [0.1, 0.15) is 33.1 Å². The van der Waals surface area contributed by atoms with Crippen LogP contribution in [0.2, 0.25) is 0 Å². The van der Waals surface area contributed by atoms with Crippen LogP contribution in [0.15, 0.2) is 0 Å². The number of carbonyl (C=O) groups excluding carboxylic acids is 1. The molecule has 1 amide bonds. The fourth-order valence-corrected chi connectivity index (χ4v) is 0.859. The third kappa shape index (κ3) is 5.53. The van der Waals surface area contributed by atoms with E-state index in [1.165, 1.54) is 0 Å². The van der Waals surface area contributed by atoms with E-state index in [1.807, 2.05) is 13.8 Å². The van der Waals surface area contributed by atoms with Gasteiger partial charge in [-0.3, -0.25) is 9.59 Å². The van der Waals surface area contributed by atoms with Crippen molar-refractivity contribution < 1.29 is 14.7 Å². The van der Waals surface area contributed by atoms with E-state index < -0.39 is 12.0 Å². The van der Waals surface area contributed by atoms with Crippen molar-refractivity contribution in [3.05, 3.63) is 0 Å². The van der Waals surface area contributed by atoms with E-state index in [9.17, 15) is 9.59 Å². The monoisotopic (exact) mass is 202 g/mol. The lowest BCUT2D eigenvalue weighted by molar-refractivity contribution is -0.138. The van der Waals surface area contributed by atoms with Crippen molar-refractivity contribution in [2.45, 2.75) is 45.2 Å². The Balaban J connectivity index is 3.69. The molecule has 2 unspecified atom stereocenters. The Bertz CT molecular complexity index is 206. The van der Waals surface area contributed by atoms with Gasteiger partial charge in [0, 0.05) is 12.5 Å². The molecule has 0 rings (SSSR count). The van der Waals surface area contributed by atoms with Gasteiger partial charge in [0.25, 0.3) is 0 Å². The van der Waals surface area contributed by atoms with Gasteiger partial charge in [0.1, 0.15) is 6.04 Å². The van der Waals surface area contributed by atoms with Gasteiger partial charge in [0.15, 0.2) is 0 Å². The van der Waals surface area contributed by atoms with Gasteiger partial charge in [-0.2, -0.15) is 0 Å². The molecule has 0 spiro atoms. The highest BCUT2D eigenvalue weighted by Gasteiger charge is 2.13. The van der Waals surface area contributed by atoms with Crippen molar-refractivity contribution in [3.63, 3.8) is 0 Å². The summed E-state index contributed by atoms with van der Waals surface area (Å²) in [6, 6.07) is -0.818. The predicted octanol–water partition coefficient (Wildman–Crippen LogP) is 0.0932. The number of amides is 1. The molecule has 0 radical (unpaired) electrons. The predicted molar refractivity (Wildman–Crippen MR) is 52.7 cm³/mol. The topological polar surface area (TPSA) is 92.4 Å². The largest absolute Gasteiger partial charge is 0.480 e. The average Bonchev–Trinajstić information content (AvgIpc) is 2.13. The molecule has 5 nitrogen and oxygen atoms in total. The molecule has 0 saturated heterocycles. The van der Waals surface area contributed by atoms with E-state index in [0.717, 1.165) is 6.42 Å². The zero-order valence-corrected chi connectivity index (χ0v) is 8.62. The van der Waals surface area contributed by atoms with Crippen molar-refractivity contribution in [2.24, 2.45) is 5.73 Å². The third-order valence-corrected chi connectivity index (χ3v) is 2.02. The number of carboxylic acid groups (broad SMARTS) is 1. The van der Waals surface area contributed by atoms with Gasteiger partial charge >= 0.3 is 5.97 Å². The number of rotatable bonds is 6. The fourth-order valence-electron chi connectivity index (χ4n) is 0.859. The van der Waals surface area contributed by atoms with E-state index in [1.54, 1.807) is 0 Å². The summed E-state index contributed by atoms with van der Waals surface area (Å²) in [5, 5.41) is 11.2. The van der Waals surface area contributed by atoms with Crippen molar-refractivity contribution in [1.29, 1.82) is 0 Å². The molecule has 0 aromatic carbocycles. The van der Waals surface area contributed by atoms with Crippen LogP contribution >= 0.6 is 0 Å². The number of aliphatic carboxylic acids is 1. The zero-order valence-electron chi connectivity index (χ0n) is 8.62. The van der Waals surface area contributed by atoms with E-state index in [2.05, 4.69) is 5.32 Å². The molecule has 0 fully saturated rings. The molecule has 82 valence electrons. The van der Waals surface area contributed by atoms with Crippen LogP contribution in [-0.2, 0) is 9.59 Å². The molecule has 0 aliphatic rings. The molecule has 0 heterocycles. The van der Waals surface area contributed by atoms with Gasteiger partial charge in [-0.15, -0.1) is 0 Å². The maximum absolute atomic E-state index is 11.2. The summed E-state index contributed by atoms with van der Waals surface area (Å²) in [6.07, 6.45) is 1.20. The summed E-state index contributed by atoms with van der Waals surface area (Å²) in [6.45, 7) is 3.86. The highest BCUT2D eigenvalue weighted by atomic mass is 16.4. The minimum Gasteiger partial charge on any atom is -0.480 e. The number of nitrogens with two attached hydrogens (primary N) is 1. The van der Waals surface area contributed by atoms with E-state index in [4.69, 9.17) is 10.8 Å². The molecule has 0 aliphatic carbocycles. The second-order valence-electron chi connectivity index (χ2n) is 3.36. The number of carboxylic acids is 1. The standard InChI is InChI=1S/C9H18N2O3/c1-3-6(2)11-8(12)5-4-7(10)9(13)14/h6-7H,3-5,10H2,1-2H3,(H,11,12)(H,13,14). The Labute approximate surface area is 83.7 Å². The van der Waals surface area contributed by atoms with Crippen LogP contribution in [0.3, 0.4) is 0 Å². The van der Waals surface area contributed by atoms with Crippen LogP contribution in [0.4, 0.5) is 0 Å². The summed E-state index contributed by atoms with van der Waals surface area (Å²) in [5.41, 5.74) is 5.25. The molecule has 0 bridgehead atoms. The molecule has 0 saturated carbocycles. The second-order valence-corrected chi connectivity index (χ2v) is 3.36. The quantitative estimate of drug-likeness (QED) is 0.569. The maximum Gasteiger partial charge on any atom is 0.320 e. The van der Waals surface area contributed by atoms with Crippen molar-refractivity contribution in [1.82, 2.24) is 5.32 Å². The summed E-state index contributed by atoms with van der Waals surface area (Å²) in [4.78, 5) is 21.5. The van der Waals surface area contributed by atoms with Crippen LogP contribution in [0.25, 0.3) is 0 Å². The molecule has 0 aromatic rings. The normalized spacial score (nSPS) is 14.5. The maximum atomic E-state index is 11.2. The lowest BCUT2D eigenvalue weighted by atomic mass is 10.1. The van der Waals surface area contributed by atoms with Crippen LogP contribution in [0.5, 0.6) is 0 Å². The van der Waals surface area contributed by atoms with Crippen LogP contribution in [-0.4, -0.2) is 29.1 Å². The zero-order chi connectivity index (χ0) is 11.1. The number of carbonyl (C=O) groups is 2. The Morgan fingerprint density at radius 1 is 1.50 bits per heavy atom. The third-order valence-electron chi connectivity index (χ3n) is 2.02. The van der Waals surface area contributed by atoms with Crippen molar-refractivity contribution in [3.8, 4) is 0 Å². The molecular formula is C9H18N2O3. The van der Waals surface area contributed by atoms with Gasteiger partial charge < -0.3 is 16.2 Å². The molecule has 14 heavy (non-hydrogen) atoms. The number of hydrogen-bond acceptors (Lipinski definition) is 3. The number of nitrogens with one attached hydrogen (secondary N) is 1. The minimum absolute atomic E-state index is 0.128.